The van der Waals surface area contributed by atoms with Gasteiger partial charge in [0.15, 0.2) is 6.10 Å². The van der Waals surface area contributed by atoms with Crippen LogP contribution in [0.2, 0.25) is 0 Å². The van der Waals surface area contributed by atoms with Crippen molar-refractivity contribution in [2.24, 2.45) is 0 Å². The van der Waals surface area contributed by atoms with Crippen LogP contribution >= 0.6 is 0 Å². The van der Waals surface area contributed by atoms with E-state index in [2.05, 4.69) is 0 Å². The van der Waals surface area contributed by atoms with Gasteiger partial charge in [-0.25, -0.2) is 8.78 Å². The van der Waals surface area contributed by atoms with Gasteiger partial charge >= 0.3 is 0 Å². The molecule has 0 saturated heterocycles. The number of carbonyl (C=O) groups excluding carboxylic acids is 1. The second-order valence-electron chi connectivity index (χ2n) is 3.72. The normalized spacial score (nSPS) is 10.4. The van der Waals surface area contributed by atoms with Crippen LogP contribution in [0.15, 0.2) is 48.5 Å². The van der Waals surface area contributed by atoms with Crippen LogP contribution in [0, 0.1) is 11.6 Å². The van der Waals surface area contributed by atoms with E-state index in [1.165, 1.54) is 48.5 Å². The Morgan fingerprint density at radius 2 is 1.22 bits per heavy atom. The van der Waals surface area contributed by atoms with Gasteiger partial charge in [-0.2, -0.15) is 0 Å². The van der Waals surface area contributed by atoms with E-state index in [1.807, 2.05) is 0 Å². The van der Waals surface area contributed by atoms with Crippen molar-refractivity contribution in [3.8, 4) is 0 Å². The highest BCUT2D eigenvalue weighted by molar-refractivity contribution is 5.41. The zero-order chi connectivity index (χ0) is 13.0. The number of halogens is 2. The molecule has 2 rings (SSSR count). The molecule has 0 aromatic heterocycles. The molecule has 0 aliphatic rings. The minimum Gasteiger partial charge on any atom is -0.455 e. The van der Waals surface area contributed by atoms with Gasteiger partial charge in [-0.05, 0) is 35.4 Å². The van der Waals surface area contributed by atoms with Crippen LogP contribution < -0.4 is 0 Å². The van der Waals surface area contributed by atoms with Gasteiger partial charge in [0, 0.05) is 0 Å². The van der Waals surface area contributed by atoms with Gasteiger partial charge in [0.05, 0.1) is 0 Å². The van der Waals surface area contributed by atoms with Gasteiger partial charge in [-0.1, -0.05) is 24.3 Å². The molecule has 92 valence electrons. The number of rotatable bonds is 4. The van der Waals surface area contributed by atoms with Crippen LogP contribution in [0.25, 0.3) is 0 Å². The highest BCUT2D eigenvalue weighted by atomic mass is 19.1. The molecule has 0 bridgehead atoms. The molecule has 0 aliphatic heterocycles. The van der Waals surface area contributed by atoms with Crippen molar-refractivity contribution in [2.75, 3.05) is 0 Å². The van der Waals surface area contributed by atoms with Crippen molar-refractivity contribution in [3.63, 3.8) is 0 Å². The van der Waals surface area contributed by atoms with E-state index in [0.717, 1.165) is 0 Å². The molecular weight excluding hydrogens is 238 g/mol. The molecule has 0 fully saturated rings. The molecular formula is C14H10F2O2. The largest absolute Gasteiger partial charge is 0.455 e. The quantitative estimate of drug-likeness (QED) is 0.776. The minimum absolute atomic E-state index is 0.317. The van der Waals surface area contributed by atoms with E-state index >= 15 is 0 Å². The Morgan fingerprint density at radius 1 is 0.833 bits per heavy atom. The third-order valence-corrected chi connectivity index (χ3v) is 2.54. The van der Waals surface area contributed by atoms with E-state index in [-0.39, 0.29) is 11.6 Å². The summed E-state index contributed by atoms with van der Waals surface area (Å²) in [4.78, 5) is 10.5. The average Bonchev–Trinajstić information content (AvgIpc) is 2.39. The summed E-state index contributed by atoms with van der Waals surface area (Å²) in [6, 6.07) is 11.2. The Bertz CT molecular complexity index is 475. The van der Waals surface area contributed by atoms with Gasteiger partial charge in [0.2, 0.25) is 0 Å². The van der Waals surface area contributed by atoms with Gasteiger partial charge in [0.1, 0.15) is 11.6 Å². The average molecular weight is 248 g/mol. The molecule has 4 heteroatoms. The molecule has 0 heterocycles. The standard InChI is InChI=1S/C14H10F2O2/c15-12-5-1-10(2-6-12)14(18-9-17)11-3-7-13(16)8-4-11/h1-9,14H. The summed E-state index contributed by atoms with van der Waals surface area (Å²) in [5, 5.41) is 0. The predicted molar refractivity (Wildman–Crippen MR) is 61.8 cm³/mol. The van der Waals surface area contributed by atoms with Crippen molar-refractivity contribution >= 4 is 6.47 Å². The van der Waals surface area contributed by atoms with Crippen LogP contribution in [0.4, 0.5) is 8.78 Å². The highest BCUT2D eigenvalue weighted by Gasteiger charge is 2.15. The van der Waals surface area contributed by atoms with E-state index < -0.39 is 6.10 Å². The fraction of sp³-hybridized carbons (Fsp3) is 0.0714. The maximum absolute atomic E-state index is 12.8. The summed E-state index contributed by atoms with van der Waals surface area (Å²) < 4.78 is 30.6. The van der Waals surface area contributed by atoms with E-state index in [0.29, 0.717) is 17.6 Å². The van der Waals surface area contributed by atoms with Gasteiger partial charge in [-0.15, -0.1) is 0 Å². The van der Waals surface area contributed by atoms with E-state index in [1.54, 1.807) is 0 Å². The van der Waals surface area contributed by atoms with Crippen molar-refractivity contribution in [1.29, 1.82) is 0 Å². The summed E-state index contributed by atoms with van der Waals surface area (Å²) in [7, 11) is 0. The van der Waals surface area contributed by atoms with Crippen LogP contribution in [-0.2, 0) is 9.53 Å². The Morgan fingerprint density at radius 3 is 1.56 bits per heavy atom. The first kappa shape index (κ1) is 12.2. The third kappa shape index (κ3) is 2.71. The number of carbonyl (C=O) groups is 1. The third-order valence-electron chi connectivity index (χ3n) is 2.54. The summed E-state index contributed by atoms with van der Waals surface area (Å²) in [6.45, 7) is 0.317. The molecule has 0 saturated carbocycles. The van der Waals surface area contributed by atoms with E-state index in [9.17, 15) is 13.6 Å². The maximum Gasteiger partial charge on any atom is 0.294 e. The molecule has 0 unspecified atom stereocenters. The number of ether oxygens (including phenoxy) is 1. The number of hydrogen-bond donors (Lipinski definition) is 0. The first-order chi connectivity index (χ1) is 8.70. The van der Waals surface area contributed by atoms with Crippen LogP contribution in [-0.4, -0.2) is 6.47 Å². The zero-order valence-electron chi connectivity index (χ0n) is 9.35. The molecule has 2 nitrogen and oxygen atoms in total. The smallest absolute Gasteiger partial charge is 0.294 e. The van der Waals surface area contributed by atoms with Crippen molar-refractivity contribution in [3.05, 3.63) is 71.3 Å². The van der Waals surface area contributed by atoms with Crippen LogP contribution in [0.5, 0.6) is 0 Å². The Labute approximate surface area is 103 Å². The highest BCUT2D eigenvalue weighted by Crippen LogP contribution is 2.25. The Balaban J connectivity index is 2.35. The van der Waals surface area contributed by atoms with Crippen molar-refractivity contribution < 1.29 is 18.3 Å². The molecule has 0 atom stereocenters. The summed E-state index contributed by atoms with van der Waals surface area (Å²) in [6.07, 6.45) is -0.663. The molecule has 18 heavy (non-hydrogen) atoms. The molecule has 2 aromatic carbocycles. The minimum atomic E-state index is -0.663. The zero-order valence-corrected chi connectivity index (χ0v) is 9.35. The fourth-order valence-corrected chi connectivity index (χ4v) is 1.68. The molecule has 2 aromatic rings. The summed E-state index contributed by atoms with van der Waals surface area (Å²) in [5.74, 6) is -0.745. The Kier molecular flexibility index (Phi) is 3.67. The molecule has 0 aliphatic carbocycles. The SMILES string of the molecule is O=COC(c1ccc(F)cc1)c1ccc(F)cc1. The number of benzene rings is 2. The topological polar surface area (TPSA) is 26.3 Å². The second-order valence-corrected chi connectivity index (χ2v) is 3.72. The lowest BCUT2D eigenvalue weighted by Gasteiger charge is -2.15. The van der Waals surface area contributed by atoms with Crippen molar-refractivity contribution in [1.82, 2.24) is 0 Å². The molecule has 0 N–H and O–H groups in total. The lowest BCUT2D eigenvalue weighted by atomic mass is 10.0. The number of hydrogen-bond acceptors (Lipinski definition) is 2. The van der Waals surface area contributed by atoms with Crippen molar-refractivity contribution in [2.45, 2.75) is 6.10 Å². The van der Waals surface area contributed by atoms with Gasteiger partial charge < -0.3 is 4.74 Å². The lowest BCUT2D eigenvalue weighted by Crippen LogP contribution is -2.05. The monoisotopic (exact) mass is 248 g/mol. The maximum atomic E-state index is 12.8. The first-order valence-corrected chi connectivity index (χ1v) is 5.31. The fourth-order valence-electron chi connectivity index (χ4n) is 1.68. The molecule has 0 radical (unpaired) electrons. The molecule has 0 amide bonds. The van der Waals surface area contributed by atoms with Crippen LogP contribution in [0.3, 0.4) is 0 Å². The summed E-state index contributed by atoms with van der Waals surface area (Å²) >= 11 is 0. The first-order valence-electron chi connectivity index (χ1n) is 5.31. The van der Waals surface area contributed by atoms with Gasteiger partial charge in [-0.3, -0.25) is 4.79 Å². The predicted octanol–water partition coefficient (Wildman–Crippen LogP) is 3.23. The Hall–Kier alpha value is -2.23. The van der Waals surface area contributed by atoms with Crippen LogP contribution in [0.1, 0.15) is 17.2 Å². The second kappa shape index (κ2) is 5.40. The lowest BCUT2D eigenvalue weighted by molar-refractivity contribution is -0.132. The van der Waals surface area contributed by atoms with E-state index in [4.69, 9.17) is 4.74 Å². The molecule has 0 spiro atoms. The summed E-state index contributed by atoms with van der Waals surface area (Å²) in [5.41, 5.74) is 1.24. The van der Waals surface area contributed by atoms with Gasteiger partial charge in [0.25, 0.3) is 6.47 Å².